The van der Waals surface area contributed by atoms with Crippen LogP contribution in [0.25, 0.3) is 10.9 Å². The van der Waals surface area contributed by atoms with Crippen molar-refractivity contribution >= 4 is 22.6 Å². The third-order valence-electron chi connectivity index (χ3n) is 3.03. The number of H-pyrrole nitrogens is 1. The molecule has 0 spiro atoms. The summed E-state index contributed by atoms with van der Waals surface area (Å²) in [6.07, 6.45) is 3.76. The van der Waals surface area contributed by atoms with E-state index in [1.165, 1.54) is 0 Å². The number of nitrogens with two attached hydrogens (primary N) is 1. The number of rotatable bonds is 7. The Labute approximate surface area is 118 Å². The molecule has 0 aliphatic heterocycles. The monoisotopic (exact) mass is 276 g/mol. The topological polar surface area (TPSA) is 77.3 Å². The van der Waals surface area contributed by atoms with E-state index in [4.69, 9.17) is 15.2 Å². The van der Waals surface area contributed by atoms with E-state index in [0.29, 0.717) is 24.5 Å². The molecule has 1 aromatic heterocycles. The second kappa shape index (κ2) is 6.96. The number of unbranched alkanes of at least 4 members (excludes halogenated alkanes) is 1. The second-order valence-corrected chi connectivity index (χ2v) is 4.61. The zero-order valence-corrected chi connectivity index (χ0v) is 11.6. The third kappa shape index (κ3) is 3.51. The van der Waals surface area contributed by atoms with Crippen molar-refractivity contribution in [1.29, 1.82) is 0 Å². The number of hydrogen-bond acceptors (Lipinski definition) is 4. The van der Waals surface area contributed by atoms with Crippen LogP contribution in [0.2, 0.25) is 0 Å². The minimum Gasteiger partial charge on any atom is -0.460 e. The number of aromatic amines is 1. The molecule has 2 aromatic rings. The van der Waals surface area contributed by atoms with E-state index in [-0.39, 0.29) is 12.6 Å². The quantitative estimate of drug-likeness (QED) is 0.463. The number of benzene rings is 1. The maximum absolute atomic E-state index is 12.0. The summed E-state index contributed by atoms with van der Waals surface area (Å²) >= 11 is 0. The third-order valence-corrected chi connectivity index (χ3v) is 3.03. The molecule has 0 aliphatic rings. The first-order valence-electron chi connectivity index (χ1n) is 6.84. The lowest BCUT2D eigenvalue weighted by molar-refractivity contribution is 0.0316. The lowest BCUT2D eigenvalue weighted by Gasteiger charge is -2.05. The SMILES string of the molecule is CCCCOCCOC(=O)c1c[nH]c2cc(N)ccc12. The molecular formula is C15H20N2O3. The molecule has 0 aliphatic carbocycles. The van der Waals surface area contributed by atoms with Crippen LogP contribution in [0, 0.1) is 0 Å². The van der Waals surface area contributed by atoms with Crippen molar-refractivity contribution in [1.82, 2.24) is 4.98 Å². The molecule has 0 amide bonds. The Morgan fingerprint density at radius 3 is 2.95 bits per heavy atom. The predicted molar refractivity (Wildman–Crippen MR) is 78.7 cm³/mol. The summed E-state index contributed by atoms with van der Waals surface area (Å²) in [5, 5.41) is 0.816. The van der Waals surface area contributed by atoms with Gasteiger partial charge in [-0.05, 0) is 24.6 Å². The minimum atomic E-state index is -0.347. The maximum atomic E-state index is 12.0. The molecule has 3 N–H and O–H groups in total. The zero-order valence-electron chi connectivity index (χ0n) is 11.6. The molecule has 0 atom stereocenters. The number of fused-ring (bicyclic) bond motifs is 1. The Balaban J connectivity index is 1.88. The molecule has 0 saturated heterocycles. The van der Waals surface area contributed by atoms with E-state index < -0.39 is 0 Å². The van der Waals surface area contributed by atoms with Gasteiger partial charge in [0.15, 0.2) is 0 Å². The number of anilines is 1. The van der Waals surface area contributed by atoms with Gasteiger partial charge in [0.25, 0.3) is 0 Å². The molecule has 108 valence electrons. The summed E-state index contributed by atoms with van der Waals surface area (Å²) in [6.45, 7) is 3.51. The van der Waals surface area contributed by atoms with Gasteiger partial charge in [0.1, 0.15) is 6.61 Å². The number of hydrogen-bond donors (Lipinski definition) is 2. The van der Waals surface area contributed by atoms with Gasteiger partial charge in [-0.1, -0.05) is 13.3 Å². The molecule has 5 heteroatoms. The van der Waals surface area contributed by atoms with Crippen LogP contribution in [-0.4, -0.2) is 30.8 Å². The number of ether oxygens (including phenoxy) is 2. The Morgan fingerprint density at radius 1 is 1.30 bits per heavy atom. The van der Waals surface area contributed by atoms with Crippen molar-refractivity contribution in [2.24, 2.45) is 0 Å². The average molecular weight is 276 g/mol. The van der Waals surface area contributed by atoms with Crippen LogP contribution >= 0.6 is 0 Å². The van der Waals surface area contributed by atoms with E-state index in [9.17, 15) is 4.79 Å². The molecule has 0 bridgehead atoms. The summed E-state index contributed by atoms with van der Waals surface area (Å²) in [5.74, 6) is -0.347. The Bertz CT molecular complexity index is 578. The first kappa shape index (κ1) is 14.4. The van der Waals surface area contributed by atoms with Crippen molar-refractivity contribution in [2.45, 2.75) is 19.8 Å². The fourth-order valence-corrected chi connectivity index (χ4v) is 1.93. The summed E-state index contributed by atoms with van der Waals surface area (Å²) in [7, 11) is 0. The Hall–Kier alpha value is -2.01. The molecule has 5 nitrogen and oxygen atoms in total. The lowest BCUT2D eigenvalue weighted by atomic mass is 10.1. The molecule has 0 unspecified atom stereocenters. The van der Waals surface area contributed by atoms with Crippen LogP contribution in [0.3, 0.4) is 0 Å². The van der Waals surface area contributed by atoms with Gasteiger partial charge in [-0.3, -0.25) is 0 Å². The van der Waals surface area contributed by atoms with Gasteiger partial charge in [-0.2, -0.15) is 0 Å². The number of nitrogens with one attached hydrogen (secondary N) is 1. The van der Waals surface area contributed by atoms with E-state index >= 15 is 0 Å². The highest BCUT2D eigenvalue weighted by Gasteiger charge is 2.13. The molecule has 0 saturated carbocycles. The highest BCUT2D eigenvalue weighted by atomic mass is 16.6. The van der Waals surface area contributed by atoms with Gasteiger partial charge in [0.2, 0.25) is 0 Å². The Kier molecular flexibility index (Phi) is 5.01. The van der Waals surface area contributed by atoms with Gasteiger partial charge >= 0.3 is 5.97 Å². The average Bonchev–Trinajstić information content (AvgIpc) is 2.85. The van der Waals surface area contributed by atoms with E-state index in [1.807, 2.05) is 6.07 Å². The molecular weight excluding hydrogens is 256 g/mol. The summed E-state index contributed by atoms with van der Waals surface area (Å²) < 4.78 is 10.5. The summed E-state index contributed by atoms with van der Waals surface area (Å²) in [5.41, 5.74) is 7.70. The van der Waals surface area contributed by atoms with Crippen LogP contribution in [0.5, 0.6) is 0 Å². The first-order valence-corrected chi connectivity index (χ1v) is 6.84. The van der Waals surface area contributed by atoms with Gasteiger partial charge in [-0.25, -0.2) is 4.79 Å². The van der Waals surface area contributed by atoms with Gasteiger partial charge < -0.3 is 20.2 Å². The number of carbonyl (C=O) groups excluding carboxylic acids is 1. The number of nitrogen functional groups attached to an aromatic ring is 1. The Morgan fingerprint density at radius 2 is 2.15 bits per heavy atom. The summed E-state index contributed by atoms with van der Waals surface area (Å²) in [4.78, 5) is 15.0. The van der Waals surface area contributed by atoms with Crippen molar-refractivity contribution in [3.63, 3.8) is 0 Å². The molecule has 1 aromatic carbocycles. The predicted octanol–water partition coefficient (Wildman–Crippen LogP) is 2.72. The lowest BCUT2D eigenvalue weighted by Crippen LogP contribution is -2.11. The van der Waals surface area contributed by atoms with E-state index in [2.05, 4.69) is 11.9 Å². The molecule has 1 heterocycles. The van der Waals surface area contributed by atoms with E-state index in [0.717, 1.165) is 23.7 Å². The zero-order chi connectivity index (χ0) is 14.4. The minimum absolute atomic E-state index is 0.268. The van der Waals surface area contributed by atoms with E-state index in [1.54, 1.807) is 18.3 Å². The van der Waals surface area contributed by atoms with Crippen molar-refractivity contribution in [3.8, 4) is 0 Å². The van der Waals surface area contributed by atoms with Gasteiger partial charge in [0.05, 0.1) is 12.2 Å². The number of aromatic nitrogens is 1. The molecule has 0 radical (unpaired) electrons. The second-order valence-electron chi connectivity index (χ2n) is 4.61. The fraction of sp³-hybridized carbons (Fsp3) is 0.400. The highest BCUT2D eigenvalue weighted by Crippen LogP contribution is 2.21. The largest absolute Gasteiger partial charge is 0.460 e. The van der Waals surface area contributed by atoms with Crippen LogP contribution < -0.4 is 5.73 Å². The van der Waals surface area contributed by atoms with Crippen molar-refractivity contribution < 1.29 is 14.3 Å². The van der Waals surface area contributed by atoms with Crippen molar-refractivity contribution in [3.05, 3.63) is 30.0 Å². The van der Waals surface area contributed by atoms with Crippen LogP contribution in [0.1, 0.15) is 30.1 Å². The van der Waals surface area contributed by atoms with Gasteiger partial charge in [0, 0.05) is 29.4 Å². The highest BCUT2D eigenvalue weighted by molar-refractivity contribution is 6.04. The molecule has 20 heavy (non-hydrogen) atoms. The smallest absolute Gasteiger partial charge is 0.340 e. The van der Waals surface area contributed by atoms with Crippen molar-refractivity contribution in [2.75, 3.05) is 25.6 Å². The standard InChI is InChI=1S/C15H20N2O3/c1-2-3-6-19-7-8-20-15(18)13-10-17-14-9-11(16)4-5-12(13)14/h4-5,9-10,17H,2-3,6-8,16H2,1H3. The molecule has 2 rings (SSSR count). The normalized spacial score (nSPS) is 10.8. The maximum Gasteiger partial charge on any atom is 0.340 e. The molecule has 0 fully saturated rings. The number of carbonyl (C=O) groups is 1. The van der Waals surface area contributed by atoms with Crippen LogP contribution in [0.15, 0.2) is 24.4 Å². The first-order chi connectivity index (χ1) is 9.72. The van der Waals surface area contributed by atoms with Gasteiger partial charge in [-0.15, -0.1) is 0 Å². The summed E-state index contributed by atoms with van der Waals surface area (Å²) in [6, 6.07) is 5.37. The fourth-order valence-electron chi connectivity index (χ4n) is 1.93. The number of esters is 1. The van der Waals surface area contributed by atoms with Crippen LogP contribution in [-0.2, 0) is 9.47 Å². The van der Waals surface area contributed by atoms with Crippen LogP contribution in [0.4, 0.5) is 5.69 Å².